The van der Waals surface area contributed by atoms with Crippen LogP contribution >= 0.6 is 11.3 Å². The number of thiophene rings is 1. The molecule has 154 valence electrons. The lowest BCUT2D eigenvalue weighted by molar-refractivity contribution is -0.384. The predicted molar refractivity (Wildman–Crippen MR) is 119 cm³/mol. The van der Waals surface area contributed by atoms with Crippen molar-refractivity contribution >= 4 is 28.6 Å². The van der Waals surface area contributed by atoms with Gasteiger partial charge in [-0.05, 0) is 54.0 Å². The molecule has 30 heavy (non-hydrogen) atoms. The molecule has 1 N–H and O–H groups in total. The molecule has 7 heteroatoms. The maximum atomic E-state index is 13.0. The Morgan fingerprint density at radius 3 is 2.70 bits per heavy atom. The molecule has 1 aromatic heterocycles. The summed E-state index contributed by atoms with van der Waals surface area (Å²) in [7, 11) is 0. The van der Waals surface area contributed by atoms with Gasteiger partial charge in [-0.2, -0.15) is 0 Å². The molecule has 4 rings (SSSR count). The van der Waals surface area contributed by atoms with Crippen molar-refractivity contribution in [2.75, 3.05) is 18.4 Å². The van der Waals surface area contributed by atoms with Gasteiger partial charge in [0.15, 0.2) is 0 Å². The fourth-order valence-corrected chi connectivity index (χ4v) is 4.94. The van der Waals surface area contributed by atoms with E-state index < -0.39 is 4.92 Å². The average molecular weight is 422 g/mol. The number of hydrogen-bond acceptors (Lipinski definition) is 5. The van der Waals surface area contributed by atoms with Gasteiger partial charge < -0.3 is 5.32 Å². The van der Waals surface area contributed by atoms with E-state index in [1.165, 1.54) is 16.5 Å². The fourth-order valence-electron chi connectivity index (χ4n) is 4.04. The number of rotatable bonds is 5. The molecule has 0 spiro atoms. The third-order valence-corrected chi connectivity index (χ3v) is 6.70. The quantitative estimate of drug-likeness (QED) is 0.472. The maximum absolute atomic E-state index is 13.0. The first kappa shape index (κ1) is 20.3. The summed E-state index contributed by atoms with van der Waals surface area (Å²) < 4.78 is 0. The Balaban J connectivity index is 1.61. The normalized spacial score (nSPS) is 16.1. The molecular formula is C23H23N3O3S. The number of fused-ring (bicyclic) bond motifs is 1. The molecular weight excluding hydrogens is 398 g/mol. The minimum Gasteiger partial charge on any atom is -0.319 e. The second-order valence-corrected chi connectivity index (χ2v) is 8.54. The third kappa shape index (κ3) is 3.86. The van der Waals surface area contributed by atoms with E-state index in [9.17, 15) is 14.9 Å². The zero-order valence-electron chi connectivity index (χ0n) is 16.9. The molecule has 0 saturated heterocycles. The lowest BCUT2D eigenvalue weighted by Gasteiger charge is -2.35. The van der Waals surface area contributed by atoms with Crippen molar-refractivity contribution in [3.63, 3.8) is 0 Å². The Hall–Kier alpha value is -3.03. The van der Waals surface area contributed by atoms with Crippen LogP contribution in [0.5, 0.6) is 0 Å². The second kappa shape index (κ2) is 8.38. The van der Waals surface area contributed by atoms with Crippen LogP contribution in [0.25, 0.3) is 0 Å². The molecule has 3 aromatic rings. The van der Waals surface area contributed by atoms with Gasteiger partial charge in [0.25, 0.3) is 5.69 Å². The SMILES string of the molecule is Cc1ccc([N+](=O)[O-])c(NC(=O)CN2CCc3sccc3[C@@H]2c2ccccc2)c1C. The monoisotopic (exact) mass is 421 g/mol. The molecule has 2 heterocycles. The predicted octanol–water partition coefficient (Wildman–Crippen LogP) is 4.86. The number of carbonyl (C=O) groups excluding carboxylic acids is 1. The van der Waals surface area contributed by atoms with Crippen LogP contribution in [0.1, 0.15) is 33.2 Å². The summed E-state index contributed by atoms with van der Waals surface area (Å²) in [5.41, 5.74) is 4.21. The van der Waals surface area contributed by atoms with Crippen LogP contribution in [0.3, 0.4) is 0 Å². The van der Waals surface area contributed by atoms with Gasteiger partial charge in [0, 0.05) is 17.5 Å². The zero-order valence-corrected chi connectivity index (χ0v) is 17.7. The largest absolute Gasteiger partial charge is 0.319 e. The standard InChI is InChI=1S/C23H23N3O3S/c1-15-8-9-19(26(28)29)22(16(15)2)24-21(27)14-25-12-10-20-18(11-13-30-20)23(25)17-6-4-3-5-7-17/h3-9,11,13,23H,10,12,14H2,1-2H3,(H,24,27)/t23-/m0/s1. The van der Waals surface area contributed by atoms with Crippen LogP contribution in [-0.2, 0) is 11.2 Å². The number of nitro groups is 1. The summed E-state index contributed by atoms with van der Waals surface area (Å²) >= 11 is 1.75. The summed E-state index contributed by atoms with van der Waals surface area (Å²) in [6.45, 7) is 4.60. The summed E-state index contributed by atoms with van der Waals surface area (Å²) in [4.78, 5) is 27.5. The van der Waals surface area contributed by atoms with Crippen molar-refractivity contribution < 1.29 is 9.72 Å². The summed E-state index contributed by atoms with van der Waals surface area (Å²) in [5.74, 6) is -0.244. The number of nitrogens with one attached hydrogen (secondary N) is 1. The van der Waals surface area contributed by atoms with Gasteiger partial charge in [-0.1, -0.05) is 36.4 Å². The van der Waals surface area contributed by atoms with Crippen molar-refractivity contribution in [3.8, 4) is 0 Å². The molecule has 0 bridgehead atoms. The van der Waals surface area contributed by atoms with E-state index in [1.807, 2.05) is 25.1 Å². The Bertz CT molecular complexity index is 1090. The van der Waals surface area contributed by atoms with Gasteiger partial charge in [-0.3, -0.25) is 19.8 Å². The number of aryl methyl sites for hydroxylation is 1. The molecule has 1 atom stereocenters. The van der Waals surface area contributed by atoms with E-state index in [0.29, 0.717) is 0 Å². The van der Waals surface area contributed by atoms with E-state index in [2.05, 4.69) is 33.8 Å². The molecule has 1 aliphatic heterocycles. The van der Waals surface area contributed by atoms with Gasteiger partial charge >= 0.3 is 0 Å². The molecule has 0 saturated carbocycles. The second-order valence-electron chi connectivity index (χ2n) is 7.54. The van der Waals surface area contributed by atoms with E-state index in [4.69, 9.17) is 0 Å². The number of benzene rings is 2. The minimum atomic E-state index is -0.451. The third-order valence-electron chi connectivity index (χ3n) is 5.70. The molecule has 0 radical (unpaired) electrons. The van der Waals surface area contributed by atoms with Crippen molar-refractivity contribution in [2.24, 2.45) is 0 Å². The Kier molecular flexibility index (Phi) is 5.65. The molecule has 0 fully saturated rings. The molecule has 1 amide bonds. The van der Waals surface area contributed by atoms with Gasteiger partial charge in [-0.25, -0.2) is 0 Å². The van der Waals surface area contributed by atoms with E-state index in [-0.39, 0.29) is 29.9 Å². The van der Waals surface area contributed by atoms with Crippen molar-refractivity contribution in [3.05, 3.63) is 91.2 Å². The fraction of sp³-hybridized carbons (Fsp3) is 0.261. The molecule has 0 unspecified atom stereocenters. The van der Waals surface area contributed by atoms with Gasteiger partial charge in [0.2, 0.25) is 5.91 Å². The van der Waals surface area contributed by atoms with E-state index in [0.717, 1.165) is 29.7 Å². The Labute approximate surface area is 179 Å². The maximum Gasteiger partial charge on any atom is 0.293 e. The number of nitrogens with zero attached hydrogens (tertiary/aromatic N) is 2. The zero-order chi connectivity index (χ0) is 21.3. The van der Waals surface area contributed by atoms with Gasteiger partial charge in [0.05, 0.1) is 17.5 Å². The van der Waals surface area contributed by atoms with Crippen LogP contribution in [0, 0.1) is 24.0 Å². The first-order valence-corrected chi connectivity index (χ1v) is 10.7. The highest BCUT2D eigenvalue weighted by Crippen LogP contribution is 2.37. The van der Waals surface area contributed by atoms with Crippen LogP contribution in [0.4, 0.5) is 11.4 Å². The number of anilines is 1. The smallest absolute Gasteiger partial charge is 0.293 e. The highest BCUT2D eigenvalue weighted by Gasteiger charge is 2.31. The van der Waals surface area contributed by atoms with E-state index >= 15 is 0 Å². The van der Waals surface area contributed by atoms with E-state index in [1.54, 1.807) is 24.3 Å². The first-order chi connectivity index (χ1) is 14.5. The minimum absolute atomic E-state index is 0.000502. The van der Waals surface area contributed by atoms with Crippen molar-refractivity contribution in [1.29, 1.82) is 0 Å². The lowest BCUT2D eigenvalue weighted by Crippen LogP contribution is -2.40. The summed E-state index contributed by atoms with van der Waals surface area (Å²) in [6.07, 6.45) is 0.896. The van der Waals surface area contributed by atoms with Crippen LogP contribution in [0.15, 0.2) is 53.9 Å². The molecule has 0 aliphatic carbocycles. The number of nitro benzene ring substituents is 1. The Morgan fingerprint density at radius 1 is 1.20 bits per heavy atom. The first-order valence-electron chi connectivity index (χ1n) is 9.85. The summed E-state index contributed by atoms with van der Waals surface area (Å²) in [5, 5.41) is 16.4. The number of amides is 1. The van der Waals surface area contributed by atoms with Gasteiger partial charge in [-0.15, -0.1) is 11.3 Å². The van der Waals surface area contributed by atoms with Crippen molar-refractivity contribution in [2.45, 2.75) is 26.3 Å². The van der Waals surface area contributed by atoms with Crippen LogP contribution in [0.2, 0.25) is 0 Å². The van der Waals surface area contributed by atoms with Crippen LogP contribution in [-0.4, -0.2) is 28.8 Å². The molecule has 1 aliphatic rings. The van der Waals surface area contributed by atoms with Crippen LogP contribution < -0.4 is 5.32 Å². The Morgan fingerprint density at radius 2 is 1.97 bits per heavy atom. The van der Waals surface area contributed by atoms with Gasteiger partial charge in [0.1, 0.15) is 5.69 Å². The lowest BCUT2D eigenvalue weighted by atomic mass is 9.93. The number of carbonyl (C=O) groups is 1. The highest BCUT2D eigenvalue weighted by molar-refractivity contribution is 7.10. The topological polar surface area (TPSA) is 75.5 Å². The molecule has 6 nitrogen and oxygen atoms in total. The highest BCUT2D eigenvalue weighted by atomic mass is 32.1. The average Bonchev–Trinajstić information content (AvgIpc) is 3.20. The molecule has 2 aromatic carbocycles. The number of hydrogen-bond donors (Lipinski definition) is 1. The van der Waals surface area contributed by atoms with Crippen molar-refractivity contribution in [1.82, 2.24) is 4.90 Å². The summed E-state index contributed by atoms with van der Waals surface area (Å²) in [6, 6.07) is 15.5.